The van der Waals surface area contributed by atoms with E-state index in [1.165, 1.54) is 12.1 Å². The molecule has 32 heavy (non-hydrogen) atoms. The number of benzene rings is 1. The number of β-amino-alcohol motifs (C(OH)–C–C–N with tert-alkyl or cyclic N) is 1. The van der Waals surface area contributed by atoms with Gasteiger partial charge in [-0.15, -0.1) is 0 Å². The summed E-state index contributed by atoms with van der Waals surface area (Å²) in [6, 6.07) is 6.43. The summed E-state index contributed by atoms with van der Waals surface area (Å²) >= 11 is 0. The minimum absolute atomic E-state index is 0.206. The first-order valence-electron chi connectivity index (χ1n) is 10.5. The fourth-order valence-electron chi connectivity index (χ4n) is 4.11. The van der Waals surface area contributed by atoms with E-state index in [9.17, 15) is 13.2 Å². The molecular formula is C21H30F3N3O5. The fraction of sp³-hybridized carbons (Fsp3) is 0.619. The van der Waals surface area contributed by atoms with Crippen molar-refractivity contribution in [3.63, 3.8) is 0 Å². The van der Waals surface area contributed by atoms with Gasteiger partial charge in [-0.1, -0.05) is 18.2 Å². The molecule has 0 bridgehead atoms. The molecule has 1 aromatic rings. The largest absolute Gasteiger partial charge is 0.473 e. The third kappa shape index (κ3) is 8.05. The third-order valence-electron chi connectivity index (χ3n) is 5.80. The molecule has 2 aliphatic heterocycles. The van der Waals surface area contributed by atoms with Crippen molar-refractivity contribution >= 4 is 11.9 Å². The summed E-state index contributed by atoms with van der Waals surface area (Å²) in [7, 11) is 0. The van der Waals surface area contributed by atoms with E-state index in [0.29, 0.717) is 18.2 Å². The molecule has 3 N–H and O–H groups in total. The molecule has 3 rings (SSSR count). The van der Waals surface area contributed by atoms with E-state index in [4.69, 9.17) is 24.9 Å². The summed E-state index contributed by atoms with van der Waals surface area (Å²) in [6.45, 7) is 7.00. The second kappa shape index (κ2) is 12.1. The molecule has 0 amide bonds. The number of nitrogens with zero attached hydrogens (tertiary/aromatic N) is 3. The van der Waals surface area contributed by atoms with Crippen molar-refractivity contribution in [2.75, 3.05) is 52.4 Å². The Balaban J connectivity index is 0.000000534. The zero-order chi connectivity index (χ0) is 23.7. The minimum Gasteiger partial charge on any atom is -0.473 e. The van der Waals surface area contributed by atoms with E-state index in [1.54, 1.807) is 12.1 Å². The molecule has 2 heterocycles. The molecule has 0 saturated carbocycles. The highest BCUT2D eigenvalue weighted by atomic mass is 19.4. The zero-order valence-corrected chi connectivity index (χ0v) is 17.8. The van der Waals surface area contributed by atoms with Gasteiger partial charge in [0.15, 0.2) is 0 Å². The van der Waals surface area contributed by atoms with Gasteiger partial charge in [0.05, 0.1) is 12.2 Å². The van der Waals surface area contributed by atoms with Gasteiger partial charge in [-0.25, -0.2) is 9.59 Å². The fourth-order valence-corrected chi connectivity index (χ4v) is 4.11. The van der Waals surface area contributed by atoms with Crippen LogP contribution >= 0.6 is 0 Å². The maximum atomic E-state index is 13.1. The highest BCUT2D eigenvalue weighted by Gasteiger charge is 2.34. The lowest BCUT2D eigenvalue weighted by molar-refractivity contribution is -0.159. The van der Waals surface area contributed by atoms with Gasteiger partial charge in [-0.2, -0.15) is 13.2 Å². The van der Waals surface area contributed by atoms with Crippen molar-refractivity contribution in [2.45, 2.75) is 31.6 Å². The normalized spacial score (nSPS) is 19.2. The van der Waals surface area contributed by atoms with Gasteiger partial charge in [0.1, 0.15) is 0 Å². The van der Waals surface area contributed by atoms with Crippen LogP contribution in [0, 0.1) is 0 Å². The highest BCUT2D eigenvalue weighted by molar-refractivity contribution is 6.27. The number of piperazine rings is 1. The number of halogens is 3. The second-order valence-electron chi connectivity index (χ2n) is 7.87. The maximum absolute atomic E-state index is 13.1. The van der Waals surface area contributed by atoms with Crippen LogP contribution in [0.15, 0.2) is 24.3 Å². The molecule has 0 radical (unpaired) electrons. The van der Waals surface area contributed by atoms with Crippen molar-refractivity contribution in [3.8, 4) is 0 Å². The van der Waals surface area contributed by atoms with Crippen LogP contribution in [0.5, 0.6) is 0 Å². The van der Waals surface area contributed by atoms with Crippen LogP contribution in [0.3, 0.4) is 0 Å². The van der Waals surface area contributed by atoms with Gasteiger partial charge in [-0.05, 0) is 37.6 Å². The number of aliphatic hydroxyl groups excluding tert-OH is 1. The van der Waals surface area contributed by atoms with Gasteiger partial charge in [0.2, 0.25) is 0 Å². The molecule has 2 saturated heterocycles. The van der Waals surface area contributed by atoms with E-state index >= 15 is 0 Å². The Morgan fingerprint density at radius 1 is 0.906 bits per heavy atom. The zero-order valence-electron chi connectivity index (χ0n) is 17.8. The van der Waals surface area contributed by atoms with Crippen LogP contribution in [0.2, 0.25) is 0 Å². The van der Waals surface area contributed by atoms with Crippen LogP contribution in [-0.2, 0) is 22.3 Å². The predicted octanol–water partition coefficient (Wildman–Crippen LogP) is 1.44. The average molecular weight is 461 g/mol. The van der Waals surface area contributed by atoms with Crippen molar-refractivity contribution in [3.05, 3.63) is 35.4 Å². The lowest BCUT2D eigenvalue weighted by Crippen LogP contribution is -2.53. The van der Waals surface area contributed by atoms with Crippen LogP contribution in [0.1, 0.15) is 24.0 Å². The van der Waals surface area contributed by atoms with Crippen molar-refractivity contribution in [2.24, 2.45) is 0 Å². The number of alkyl halides is 3. The first kappa shape index (κ1) is 26.0. The predicted molar refractivity (Wildman–Crippen MR) is 110 cm³/mol. The first-order chi connectivity index (χ1) is 15.1. The van der Waals surface area contributed by atoms with Gasteiger partial charge in [0, 0.05) is 45.3 Å². The van der Waals surface area contributed by atoms with E-state index in [0.717, 1.165) is 58.7 Å². The molecule has 0 atom stereocenters. The monoisotopic (exact) mass is 461 g/mol. The third-order valence-corrected chi connectivity index (χ3v) is 5.80. The van der Waals surface area contributed by atoms with Crippen LogP contribution < -0.4 is 0 Å². The number of piperidine rings is 1. The van der Waals surface area contributed by atoms with E-state index in [1.807, 2.05) is 0 Å². The van der Waals surface area contributed by atoms with Crippen molar-refractivity contribution in [1.82, 2.24) is 14.7 Å². The summed E-state index contributed by atoms with van der Waals surface area (Å²) in [5.74, 6) is -3.65. The Kier molecular flexibility index (Phi) is 9.88. The number of aliphatic hydroxyl groups is 1. The Bertz CT molecular complexity index is 734. The number of aliphatic carboxylic acids is 2. The molecule has 0 aliphatic carbocycles. The Labute approximate surface area is 184 Å². The van der Waals surface area contributed by atoms with E-state index < -0.39 is 23.7 Å². The smallest absolute Gasteiger partial charge is 0.416 e. The quantitative estimate of drug-likeness (QED) is 0.566. The molecule has 8 nitrogen and oxygen atoms in total. The number of carboxylic acids is 2. The van der Waals surface area contributed by atoms with E-state index in [2.05, 4.69) is 14.7 Å². The maximum Gasteiger partial charge on any atom is 0.416 e. The highest BCUT2D eigenvalue weighted by Crippen LogP contribution is 2.32. The first-order valence-corrected chi connectivity index (χ1v) is 10.5. The molecule has 11 heteroatoms. The Morgan fingerprint density at radius 2 is 1.47 bits per heavy atom. The number of rotatable bonds is 5. The number of likely N-dealkylation sites (tertiary alicyclic amines) is 1. The van der Waals surface area contributed by atoms with Gasteiger partial charge < -0.3 is 15.3 Å². The Morgan fingerprint density at radius 3 is 1.97 bits per heavy atom. The number of carbonyl (C=O) groups is 2. The molecule has 1 aromatic carbocycles. The number of hydrogen-bond acceptors (Lipinski definition) is 6. The van der Waals surface area contributed by atoms with Gasteiger partial charge in [-0.3, -0.25) is 14.7 Å². The van der Waals surface area contributed by atoms with Crippen LogP contribution in [0.25, 0.3) is 0 Å². The molecule has 0 unspecified atom stereocenters. The molecule has 0 aromatic heterocycles. The van der Waals surface area contributed by atoms with E-state index in [-0.39, 0.29) is 6.61 Å². The SMILES string of the molecule is O=C(O)C(=O)O.OCCN1CCN(C2CCN(Cc3ccccc3C(F)(F)F)CC2)CC1. The lowest BCUT2D eigenvalue weighted by atomic mass is 10.0. The topological polar surface area (TPSA) is 105 Å². The van der Waals surface area contributed by atoms with Crippen molar-refractivity contribution < 1.29 is 38.1 Å². The Hall–Kier alpha value is -2.21. The van der Waals surface area contributed by atoms with Crippen LogP contribution in [-0.4, -0.2) is 100 Å². The molecular weight excluding hydrogens is 431 g/mol. The summed E-state index contributed by atoms with van der Waals surface area (Å²) in [4.78, 5) is 25.1. The summed E-state index contributed by atoms with van der Waals surface area (Å²) in [5.41, 5.74) is -0.141. The van der Waals surface area contributed by atoms with Crippen LogP contribution in [0.4, 0.5) is 13.2 Å². The minimum atomic E-state index is -4.29. The van der Waals surface area contributed by atoms with Gasteiger partial charge >= 0.3 is 18.1 Å². The second-order valence-corrected chi connectivity index (χ2v) is 7.87. The molecule has 180 valence electrons. The van der Waals surface area contributed by atoms with Crippen molar-refractivity contribution in [1.29, 1.82) is 0 Å². The lowest BCUT2D eigenvalue weighted by Gasteiger charge is -2.42. The summed E-state index contributed by atoms with van der Waals surface area (Å²) in [5, 5.41) is 23.8. The van der Waals surface area contributed by atoms with Gasteiger partial charge in [0.25, 0.3) is 0 Å². The number of carboxylic acid groups (broad SMARTS) is 2. The molecule has 2 fully saturated rings. The number of hydrogen-bond donors (Lipinski definition) is 3. The molecule has 2 aliphatic rings. The molecule has 0 spiro atoms. The summed E-state index contributed by atoms with van der Waals surface area (Å²) in [6.07, 6.45) is -2.27. The summed E-state index contributed by atoms with van der Waals surface area (Å²) < 4.78 is 39.4. The standard InChI is InChI=1S/C19H28F3N3O.C2H2O4/c20-19(21,22)18-4-2-1-3-16(18)15-24-7-5-17(6-8-24)25-11-9-23(10-12-25)13-14-26;3-1(4)2(5)6/h1-4,17,26H,5-15H2;(H,3,4)(H,5,6). The average Bonchev–Trinajstić information content (AvgIpc) is 2.75.